The number of hydrogen-bond donors (Lipinski definition) is 2. The fourth-order valence-corrected chi connectivity index (χ4v) is 2.92. The lowest BCUT2D eigenvalue weighted by Crippen LogP contribution is -2.22. The Morgan fingerprint density at radius 2 is 1.06 bits per heavy atom. The second kappa shape index (κ2) is 12.0. The molecule has 2 heteroatoms. The number of rotatable bonds is 13. The van der Waals surface area contributed by atoms with Gasteiger partial charge in [-0.1, -0.05) is 46.0 Å². The molecule has 2 N–H and O–H groups in total. The lowest BCUT2D eigenvalue weighted by molar-refractivity contribution is 0.153. The van der Waals surface area contributed by atoms with E-state index in [9.17, 15) is 0 Å². The first kappa shape index (κ1) is 17.9. The van der Waals surface area contributed by atoms with E-state index in [0.29, 0.717) is 18.6 Å². The van der Waals surface area contributed by atoms with E-state index in [0.717, 1.165) is 25.7 Å². The highest BCUT2D eigenvalue weighted by molar-refractivity contribution is 4.79. The minimum atomic E-state index is 0.317. The summed E-state index contributed by atoms with van der Waals surface area (Å²) in [6, 6.07) is 0. The minimum absolute atomic E-state index is 0.317. The van der Waals surface area contributed by atoms with Crippen LogP contribution in [0.3, 0.4) is 0 Å². The van der Waals surface area contributed by atoms with E-state index in [1.807, 2.05) is 0 Å². The molecule has 0 spiro atoms. The minimum Gasteiger partial charge on any atom is -0.396 e. The summed E-state index contributed by atoms with van der Waals surface area (Å²) >= 11 is 0. The van der Waals surface area contributed by atoms with Gasteiger partial charge < -0.3 is 10.2 Å². The average Bonchev–Trinajstić information content (AvgIpc) is 2.40. The Kier molecular flexibility index (Phi) is 11.9. The summed E-state index contributed by atoms with van der Waals surface area (Å²) in [7, 11) is 0. The van der Waals surface area contributed by atoms with Gasteiger partial charge in [0.2, 0.25) is 0 Å². The van der Waals surface area contributed by atoms with Crippen LogP contribution >= 0.6 is 0 Å². The summed E-state index contributed by atoms with van der Waals surface area (Å²) in [6.45, 7) is 5.15. The van der Waals surface area contributed by atoms with Crippen molar-refractivity contribution in [1.82, 2.24) is 0 Å². The lowest BCUT2D eigenvalue weighted by Gasteiger charge is -2.34. The predicted molar refractivity (Wildman–Crippen MR) is 78.7 cm³/mol. The molecule has 0 aromatic rings. The maximum Gasteiger partial charge on any atom is 0.0431 e. The maximum atomic E-state index is 9.11. The summed E-state index contributed by atoms with van der Waals surface area (Å²) in [5, 5.41) is 18.1. The third kappa shape index (κ3) is 8.10. The first-order valence-corrected chi connectivity index (χ1v) is 7.96. The maximum absolute atomic E-state index is 9.11. The standard InChI is InChI=1S/C16H34O2/c1-3-5-10-16(11-6-4-2,13-9-15-18)12-7-8-14-17/h17-18H,3-15H2,1-2H3. The third-order valence-corrected chi connectivity index (χ3v) is 4.10. The molecular weight excluding hydrogens is 224 g/mol. The first-order valence-electron chi connectivity index (χ1n) is 7.96. The Morgan fingerprint density at radius 1 is 0.611 bits per heavy atom. The molecule has 0 aromatic heterocycles. The zero-order chi connectivity index (χ0) is 13.7. The predicted octanol–water partition coefficient (Wildman–Crippen LogP) is 4.29. The van der Waals surface area contributed by atoms with Crippen LogP contribution in [-0.2, 0) is 0 Å². The molecule has 0 amide bonds. The van der Waals surface area contributed by atoms with Crippen LogP contribution in [0.1, 0.15) is 84.5 Å². The molecule has 0 heterocycles. The average molecular weight is 258 g/mol. The second-order valence-corrected chi connectivity index (χ2v) is 5.71. The summed E-state index contributed by atoms with van der Waals surface area (Å²) in [6.07, 6.45) is 13.1. The Labute approximate surface area is 114 Å². The van der Waals surface area contributed by atoms with E-state index < -0.39 is 0 Å². The Balaban J connectivity index is 4.41. The van der Waals surface area contributed by atoms with Gasteiger partial charge in [0.25, 0.3) is 0 Å². The van der Waals surface area contributed by atoms with Crippen molar-refractivity contribution in [2.24, 2.45) is 5.41 Å². The van der Waals surface area contributed by atoms with Crippen LogP contribution in [0.2, 0.25) is 0 Å². The zero-order valence-electron chi connectivity index (χ0n) is 12.6. The molecular formula is C16H34O2. The van der Waals surface area contributed by atoms with Crippen molar-refractivity contribution in [2.45, 2.75) is 84.5 Å². The fourth-order valence-electron chi connectivity index (χ4n) is 2.92. The molecule has 0 aromatic carbocycles. The SMILES string of the molecule is CCCCC(CCCC)(CCCO)CCCCO. The van der Waals surface area contributed by atoms with Crippen molar-refractivity contribution in [3.05, 3.63) is 0 Å². The van der Waals surface area contributed by atoms with Crippen LogP contribution in [0.15, 0.2) is 0 Å². The van der Waals surface area contributed by atoms with Crippen molar-refractivity contribution in [3.63, 3.8) is 0 Å². The molecule has 0 aliphatic heterocycles. The summed E-state index contributed by atoms with van der Waals surface area (Å²) in [4.78, 5) is 0. The van der Waals surface area contributed by atoms with Crippen molar-refractivity contribution in [2.75, 3.05) is 13.2 Å². The fraction of sp³-hybridized carbons (Fsp3) is 1.00. The van der Waals surface area contributed by atoms with Gasteiger partial charge in [-0.3, -0.25) is 0 Å². The van der Waals surface area contributed by atoms with Gasteiger partial charge in [0.15, 0.2) is 0 Å². The van der Waals surface area contributed by atoms with Crippen LogP contribution < -0.4 is 0 Å². The van der Waals surface area contributed by atoms with Crippen LogP contribution in [-0.4, -0.2) is 23.4 Å². The van der Waals surface area contributed by atoms with E-state index >= 15 is 0 Å². The van der Waals surface area contributed by atoms with E-state index in [-0.39, 0.29) is 0 Å². The third-order valence-electron chi connectivity index (χ3n) is 4.10. The molecule has 0 bridgehead atoms. The first-order chi connectivity index (χ1) is 8.74. The van der Waals surface area contributed by atoms with Crippen LogP contribution in [0, 0.1) is 5.41 Å². The van der Waals surface area contributed by atoms with Crippen LogP contribution in [0.25, 0.3) is 0 Å². The quantitative estimate of drug-likeness (QED) is 0.484. The van der Waals surface area contributed by atoms with Gasteiger partial charge >= 0.3 is 0 Å². The molecule has 0 aliphatic carbocycles. The van der Waals surface area contributed by atoms with E-state index in [4.69, 9.17) is 10.2 Å². The lowest BCUT2D eigenvalue weighted by atomic mass is 9.71. The molecule has 18 heavy (non-hydrogen) atoms. The zero-order valence-corrected chi connectivity index (χ0v) is 12.6. The number of hydrogen-bond acceptors (Lipinski definition) is 2. The van der Waals surface area contributed by atoms with E-state index in [1.54, 1.807) is 0 Å². The van der Waals surface area contributed by atoms with Crippen LogP contribution in [0.5, 0.6) is 0 Å². The van der Waals surface area contributed by atoms with Gasteiger partial charge in [-0.2, -0.15) is 0 Å². The molecule has 0 rings (SSSR count). The van der Waals surface area contributed by atoms with Crippen molar-refractivity contribution in [3.8, 4) is 0 Å². The van der Waals surface area contributed by atoms with Crippen LogP contribution in [0.4, 0.5) is 0 Å². The second-order valence-electron chi connectivity index (χ2n) is 5.71. The van der Waals surface area contributed by atoms with Gasteiger partial charge in [0, 0.05) is 13.2 Å². The monoisotopic (exact) mass is 258 g/mol. The van der Waals surface area contributed by atoms with Gasteiger partial charge in [-0.25, -0.2) is 0 Å². The Hall–Kier alpha value is -0.0800. The molecule has 0 unspecified atom stereocenters. The van der Waals surface area contributed by atoms with Gasteiger partial charge in [0.1, 0.15) is 0 Å². The smallest absolute Gasteiger partial charge is 0.0431 e. The topological polar surface area (TPSA) is 40.5 Å². The molecule has 0 radical (unpaired) electrons. The summed E-state index contributed by atoms with van der Waals surface area (Å²) < 4.78 is 0. The number of unbranched alkanes of at least 4 members (excludes halogenated alkanes) is 3. The van der Waals surface area contributed by atoms with E-state index in [2.05, 4.69) is 13.8 Å². The number of aliphatic hydroxyl groups is 2. The molecule has 0 atom stereocenters. The summed E-state index contributed by atoms with van der Waals surface area (Å²) in [5.41, 5.74) is 0.434. The van der Waals surface area contributed by atoms with E-state index in [1.165, 1.54) is 44.9 Å². The van der Waals surface area contributed by atoms with Gasteiger partial charge in [0.05, 0.1) is 0 Å². The molecule has 2 nitrogen and oxygen atoms in total. The highest BCUT2D eigenvalue weighted by Gasteiger charge is 2.27. The van der Waals surface area contributed by atoms with Gasteiger partial charge in [-0.15, -0.1) is 0 Å². The molecule has 0 saturated carbocycles. The molecule has 110 valence electrons. The molecule has 0 fully saturated rings. The largest absolute Gasteiger partial charge is 0.396 e. The highest BCUT2D eigenvalue weighted by Crippen LogP contribution is 2.40. The number of aliphatic hydroxyl groups excluding tert-OH is 2. The van der Waals surface area contributed by atoms with Crippen molar-refractivity contribution in [1.29, 1.82) is 0 Å². The van der Waals surface area contributed by atoms with Crippen molar-refractivity contribution >= 4 is 0 Å². The molecule has 0 saturated heterocycles. The molecule has 0 aliphatic rings. The Bertz CT molecular complexity index is 147. The van der Waals surface area contributed by atoms with Gasteiger partial charge in [-0.05, 0) is 43.9 Å². The Morgan fingerprint density at radius 3 is 1.50 bits per heavy atom. The summed E-state index contributed by atoms with van der Waals surface area (Å²) in [5.74, 6) is 0. The normalized spacial score (nSPS) is 12.0. The van der Waals surface area contributed by atoms with Crippen molar-refractivity contribution < 1.29 is 10.2 Å². The highest BCUT2D eigenvalue weighted by atomic mass is 16.3.